The van der Waals surface area contributed by atoms with Crippen molar-refractivity contribution in [2.24, 2.45) is 0 Å². The van der Waals surface area contributed by atoms with Crippen LogP contribution in [0, 0.1) is 0 Å². The average molecular weight is 344 g/mol. The first kappa shape index (κ1) is 15.8. The zero-order chi connectivity index (χ0) is 15.2. The van der Waals surface area contributed by atoms with Gasteiger partial charge in [-0.05, 0) is 40.6 Å². The predicted molar refractivity (Wildman–Crippen MR) is 84.1 cm³/mol. The summed E-state index contributed by atoms with van der Waals surface area (Å²) in [6, 6.07) is 6.54. The lowest BCUT2D eigenvalue weighted by molar-refractivity contribution is -0.146. The molecule has 2 aromatic rings. The van der Waals surface area contributed by atoms with E-state index in [-0.39, 0.29) is 13.0 Å². The fourth-order valence-electron chi connectivity index (χ4n) is 1.54. The Morgan fingerprint density at radius 2 is 2.05 bits per heavy atom. The van der Waals surface area contributed by atoms with Gasteiger partial charge in [0.2, 0.25) is 0 Å². The number of rotatable bonds is 5. The number of nitrogens with one attached hydrogen (secondary N) is 1. The van der Waals surface area contributed by atoms with Gasteiger partial charge in [0.1, 0.15) is 0 Å². The van der Waals surface area contributed by atoms with E-state index in [9.17, 15) is 9.59 Å². The van der Waals surface area contributed by atoms with Gasteiger partial charge in [-0.15, -0.1) is 0 Å². The summed E-state index contributed by atoms with van der Waals surface area (Å²) >= 11 is 13.2. The van der Waals surface area contributed by atoms with Crippen molar-refractivity contribution in [3.63, 3.8) is 0 Å². The van der Waals surface area contributed by atoms with Crippen LogP contribution in [0.3, 0.4) is 0 Å². The first-order chi connectivity index (χ1) is 10.0. The van der Waals surface area contributed by atoms with E-state index in [1.165, 1.54) is 17.4 Å². The molecule has 0 atom stereocenters. The number of amides is 1. The van der Waals surface area contributed by atoms with E-state index in [0.29, 0.717) is 15.7 Å². The van der Waals surface area contributed by atoms with Crippen molar-refractivity contribution in [2.75, 3.05) is 11.9 Å². The fraction of sp³-hybridized carbons (Fsp3) is 0.143. The maximum absolute atomic E-state index is 11.7. The second-order valence-corrected chi connectivity index (χ2v) is 5.77. The van der Waals surface area contributed by atoms with Crippen LogP contribution in [0.15, 0.2) is 35.0 Å². The topological polar surface area (TPSA) is 55.4 Å². The second-order valence-electron chi connectivity index (χ2n) is 4.14. The molecular weight excluding hydrogens is 333 g/mol. The van der Waals surface area contributed by atoms with Crippen molar-refractivity contribution >= 4 is 52.1 Å². The minimum Gasteiger partial charge on any atom is -0.455 e. The van der Waals surface area contributed by atoms with Gasteiger partial charge in [-0.2, -0.15) is 11.3 Å². The highest BCUT2D eigenvalue weighted by Gasteiger charge is 2.10. The van der Waals surface area contributed by atoms with Gasteiger partial charge in [-0.25, -0.2) is 0 Å². The van der Waals surface area contributed by atoms with Crippen molar-refractivity contribution in [1.82, 2.24) is 0 Å². The van der Waals surface area contributed by atoms with Crippen molar-refractivity contribution in [3.8, 4) is 0 Å². The van der Waals surface area contributed by atoms with E-state index in [1.54, 1.807) is 12.1 Å². The number of thiophene rings is 1. The van der Waals surface area contributed by atoms with Crippen molar-refractivity contribution in [2.45, 2.75) is 6.42 Å². The minimum atomic E-state index is -0.474. The van der Waals surface area contributed by atoms with Crippen LogP contribution < -0.4 is 5.32 Å². The standard InChI is InChI=1S/C14H11Cl2NO3S/c15-10-1-2-11(16)12(6-10)17-13(18)7-20-14(19)5-9-3-4-21-8-9/h1-4,6,8H,5,7H2,(H,17,18). The molecule has 0 aliphatic heterocycles. The van der Waals surface area contributed by atoms with Gasteiger partial charge < -0.3 is 10.1 Å². The quantitative estimate of drug-likeness (QED) is 0.840. The van der Waals surface area contributed by atoms with E-state index < -0.39 is 11.9 Å². The molecule has 0 aliphatic carbocycles. The molecule has 0 saturated heterocycles. The first-order valence-electron chi connectivity index (χ1n) is 5.96. The Bertz CT molecular complexity index is 644. The number of benzene rings is 1. The normalized spacial score (nSPS) is 10.2. The highest BCUT2D eigenvalue weighted by atomic mass is 35.5. The number of hydrogen-bond donors (Lipinski definition) is 1. The van der Waals surface area contributed by atoms with Crippen molar-refractivity contribution in [1.29, 1.82) is 0 Å². The Morgan fingerprint density at radius 3 is 2.76 bits per heavy atom. The molecule has 0 unspecified atom stereocenters. The number of halogens is 2. The van der Waals surface area contributed by atoms with E-state index >= 15 is 0 Å². The summed E-state index contributed by atoms with van der Waals surface area (Å²) in [6.45, 7) is -0.369. The van der Waals surface area contributed by atoms with Crippen LogP contribution in [0.25, 0.3) is 0 Å². The molecule has 0 aliphatic rings. The van der Waals surface area contributed by atoms with Gasteiger partial charge in [0, 0.05) is 5.02 Å². The SMILES string of the molecule is O=C(COC(=O)Cc1ccsc1)Nc1cc(Cl)ccc1Cl. The molecule has 1 aromatic heterocycles. The molecule has 1 aromatic carbocycles. The Kier molecular flexibility index (Phi) is 5.61. The maximum atomic E-state index is 11.7. The van der Waals surface area contributed by atoms with Crippen molar-refractivity contribution < 1.29 is 14.3 Å². The summed E-state index contributed by atoms with van der Waals surface area (Å²) in [5, 5.41) is 7.07. The lowest BCUT2D eigenvalue weighted by Crippen LogP contribution is -2.21. The molecule has 1 N–H and O–H groups in total. The van der Waals surface area contributed by atoms with Gasteiger partial charge in [0.25, 0.3) is 5.91 Å². The number of anilines is 1. The molecule has 0 spiro atoms. The monoisotopic (exact) mass is 343 g/mol. The van der Waals surface area contributed by atoms with Crippen molar-refractivity contribution in [3.05, 3.63) is 50.6 Å². The molecule has 0 bridgehead atoms. The summed E-state index contributed by atoms with van der Waals surface area (Å²) < 4.78 is 4.90. The van der Waals surface area contributed by atoms with Gasteiger partial charge in [0.05, 0.1) is 17.1 Å². The third-order valence-electron chi connectivity index (χ3n) is 2.50. The molecule has 1 amide bonds. The molecule has 7 heteroatoms. The van der Waals surface area contributed by atoms with Gasteiger partial charge >= 0.3 is 5.97 Å². The molecule has 110 valence electrons. The lowest BCUT2D eigenvalue weighted by atomic mass is 10.2. The molecule has 1 heterocycles. The first-order valence-corrected chi connectivity index (χ1v) is 7.66. The van der Waals surface area contributed by atoms with Crippen LogP contribution in [0.5, 0.6) is 0 Å². The zero-order valence-corrected chi connectivity index (χ0v) is 13.1. The molecular formula is C14H11Cl2NO3S. The lowest BCUT2D eigenvalue weighted by Gasteiger charge is -2.08. The Labute approximate surface area is 135 Å². The van der Waals surface area contributed by atoms with Gasteiger partial charge in [0.15, 0.2) is 6.61 Å². The molecule has 0 saturated carbocycles. The fourth-order valence-corrected chi connectivity index (χ4v) is 2.54. The summed E-state index contributed by atoms with van der Waals surface area (Å²) in [4.78, 5) is 23.2. The maximum Gasteiger partial charge on any atom is 0.310 e. The summed E-state index contributed by atoms with van der Waals surface area (Å²) in [5.41, 5.74) is 1.24. The number of ether oxygens (including phenoxy) is 1. The molecule has 21 heavy (non-hydrogen) atoms. The molecule has 4 nitrogen and oxygen atoms in total. The van der Waals surface area contributed by atoms with Gasteiger partial charge in [-0.3, -0.25) is 9.59 Å². The minimum absolute atomic E-state index is 0.148. The van der Waals surface area contributed by atoms with Crippen LogP contribution in [0.2, 0.25) is 10.0 Å². The molecule has 0 fully saturated rings. The Balaban J connectivity index is 1.82. The summed E-state index contributed by atoms with van der Waals surface area (Å²) in [5.74, 6) is -0.932. The van der Waals surface area contributed by atoms with Gasteiger partial charge in [-0.1, -0.05) is 23.2 Å². The highest BCUT2D eigenvalue weighted by molar-refractivity contribution is 7.08. The second kappa shape index (κ2) is 7.45. The highest BCUT2D eigenvalue weighted by Crippen LogP contribution is 2.25. The molecule has 2 rings (SSSR count). The van der Waals surface area contributed by atoms with Crippen LogP contribution in [-0.2, 0) is 20.7 Å². The third kappa shape index (κ3) is 5.04. The predicted octanol–water partition coefficient (Wildman–Crippen LogP) is 3.78. The van der Waals surface area contributed by atoms with Crippen LogP contribution in [-0.4, -0.2) is 18.5 Å². The largest absolute Gasteiger partial charge is 0.455 e. The van der Waals surface area contributed by atoms with E-state index in [2.05, 4.69) is 5.32 Å². The third-order valence-corrected chi connectivity index (χ3v) is 3.79. The molecule has 0 radical (unpaired) electrons. The van der Waals surface area contributed by atoms with Crippen LogP contribution in [0.4, 0.5) is 5.69 Å². The van der Waals surface area contributed by atoms with Crippen LogP contribution in [0.1, 0.15) is 5.56 Å². The number of esters is 1. The van der Waals surface area contributed by atoms with E-state index in [1.807, 2.05) is 16.8 Å². The smallest absolute Gasteiger partial charge is 0.310 e. The zero-order valence-electron chi connectivity index (χ0n) is 10.8. The summed E-state index contributed by atoms with van der Waals surface area (Å²) in [7, 11) is 0. The average Bonchev–Trinajstić information content (AvgIpc) is 2.93. The summed E-state index contributed by atoms with van der Waals surface area (Å²) in [6.07, 6.45) is 0.148. The number of carbonyl (C=O) groups excluding carboxylic acids is 2. The van der Waals surface area contributed by atoms with Crippen LogP contribution >= 0.6 is 34.5 Å². The van der Waals surface area contributed by atoms with E-state index in [4.69, 9.17) is 27.9 Å². The Morgan fingerprint density at radius 1 is 1.24 bits per heavy atom. The number of hydrogen-bond acceptors (Lipinski definition) is 4. The number of carbonyl (C=O) groups is 2. The van der Waals surface area contributed by atoms with E-state index in [0.717, 1.165) is 5.56 Å². The Hall–Kier alpha value is -1.56.